The van der Waals surface area contributed by atoms with Crippen LogP contribution in [0.25, 0.3) is 11.3 Å². The summed E-state index contributed by atoms with van der Waals surface area (Å²) in [7, 11) is 0. The molecular weight excluding hydrogens is 358 g/mol. The number of carbonyl (C=O) groups is 2. The second-order valence-electron chi connectivity index (χ2n) is 6.68. The van der Waals surface area contributed by atoms with Crippen LogP contribution in [0.2, 0.25) is 0 Å². The quantitative estimate of drug-likeness (QED) is 0.626. The van der Waals surface area contributed by atoms with Gasteiger partial charge in [0.05, 0.1) is 5.69 Å². The summed E-state index contributed by atoms with van der Waals surface area (Å²) in [6, 6.07) is 8.72. The van der Waals surface area contributed by atoms with Crippen molar-refractivity contribution < 1.29 is 9.59 Å². The van der Waals surface area contributed by atoms with Gasteiger partial charge in [0.1, 0.15) is 5.82 Å². The highest BCUT2D eigenvalue weighted by molar-refractivity contribution is 5.94. The third-order valence-electron chi connectivity index (χ3n) is 4.65. The molecule has 148 valence electrons. The molecule has 0 saturated carbocycles. The fourth-order valence-corrected chi connectivity index (χ4v) is 3.18. The van der Waals surface area contributed by atoms with Gasteiger partial charge in [-0.15, -0.1) is 0 Å². The van der Waals surface area contributed by atoms with Crippen LogP contribution in [0.15, 0.2) is 30.3 Å². The van der Waals surface area contributed by atoms with E-state index < -0.39 is 0 Å². The number of nitrogens with zero attached hydrogens (tertiary/aromatic N) is 3. The lowest BCUT2D eigenvalue weighted by atomic mass is 10.0. The molecule has 1 aliphatic rings. The molecule has 1 aliphatic heterocycles. The van der Waals surface area contributed by atoms with Crippen molar-refractivity contribution in [2.24, 2.45) is 0 Å². The highest BCUT2D eigenvalue weighted by atomic mass is 16.2. The zero-order chi connectivity index (χ0) is 20.1. The summed E-state index contributed by atoms with van der Waals surface area (Å²) >= 11 is 0. The third kappa shape index (κ3) is 4.67. The van der Waals surface area contributed by atoms with Crippen molar-refractivity contribution in [2.45, 2.75) is 25.8 Å². The molecule has 1 saturated heterocycles. The maximum atomic E-state index is 12.5. The zero-order valence-electron chi connectivity index (χ0n) is 15.8. The average molecular weight is 383 g/mol. The largest absolute Gasteiger partial charge is 0.384 e. The lowest BCUT2D eigenvalue weighted by molar-refractivity contribution is 0.0918. The molecule has 0 bridgehead atoms. The summed E-state index contributed by atoms with van der Waals surface area (Å²) in [4.78, 5) is 34.1. The number of aromatic nitrogens is 2. The minimum Gasteiger partial charge on any atom is -0.384 e. The van der Waals surface area contributed by atoms with Gasteiger partial charge in [-0.2, -0.15) is 4.98 Å². The first kappa shape index (κ1) is 19.4. The number of rotatable bonds is 4. The molecule has 1 fully saturated rings. The Morgan fingerprint density at radius 2 is 1.82 bits per heavy atom. The van der Waals surface area contributed by atoms with Crippen molar-refractivity contribution in [3.63, 3.8) is 0 Å². The Kier molecular flexibility index (Phi) is 5.93. The SMILES string of the molecule is CCNC(=O)N1CCC(NC(=O)c2ccc(-c3cc(N)nc(N)n3)cc2)CC1. The number of benzene rings is 1. The molecule has 6 N–H and O–H groups in total. The number of hydrogen-bond acceptors (Lipinski definition) is 6. The first-order valence-electron chi connectivity index (χ1n) is 9.30. The van der Waals surface area contributed by atoms with Crippen molar-refractivity contribution in [1.29, 1.82) is 0 Å². The minimum atomic E-state index is -0.135. The third-order valence-corrected chi connectivity index (χ3v) is 4.65. The number of amides is 3. The van der Waals surface area contributed by atoms with Crippen molar-refractivity contribution in [2.75, 3.05) is 31.1 Å². The predicted octanol–water partition coefficient (Wildman–Crippen LogP) is 1.23. The topological polar surface area (TPSA) is 139 Å². The van der Waals surface area contributed by atoms with Crippen LogP contribution in [-0.4, -0.2) is 52.5 Å². The molecule has 1 aromatic heterocycles. The Hall–Kier alpha value is -3.36. The zero-order valence-corrected chi connectivity index (χ0v) is 15.8. The summed E-state index contributed by atoms with van der Waals surface area (Å²) in [5.74, 6) is 0.267. The van der Waals surface area contributed by atoms with E-state index in [1.807, 2.05) is 6.92 Å². The molecule has 9 heteroatoms. The van der Waals surface area contributed by atoms with Gasteiger partial charge in [-0.3, -0.25) is 4.79 Å². The van der Waals surface area contributed by atoms with Crippen LogP contribution in [-0.2, 0) is 0 Å². The number of nitrogens with two attached hydrogens (primary N) is 2. The number of hydrogen-bond donors (Lipinski definition) is 4. The lowest BCUT2D eigenvalue weighted by Crippen LogP contribution is -2.49. The number of nitrogen functional groups attached to an aromatic ring is 2. The van der Waals surface area contributed by atoms with E-state index in [0.717, 1.165) is 18.4 Å². The van der Waals surface area contributed by atoms with E-state index in [9.17, 15) is 9.59 Å². The van der Waals surface area contributed by atoms with Crippen LogP contribution in [0.5, 0.6) is 0 Å². The fourth-order valence-electron chi connectivity index (χ4n) is 3.18. The predicted molar refractivity (Wildman–Crippen MR) is 107 cm³/mol. The molecule has 9 nitrogen and oxygen atoms in total. The van der Waals surface area contributed by atoms with Crippen LogP contribution in [0.4, 0.5) is 16.6 Å². The molecule has 0 aliphatic carbocycles. The first-order valence-corrected chi connectivity index (χ1v) is 9.30. The van der Waals surface area contributed by atoms with Crippen molar-refractivity contribution in [1.82, 2.24) is 25.5 Å². The van der Waals surface area contributed by atoms with Crippen molar-refractivity contribution in [3.8, 4) is 11.3 Å². The van der Waals surface area contributed by atoms with Gasteiger partial charge in [-0.25, -0.2) is 9.78 Å². The van der Waals surface area contributed by atoms with Gasteiger partial charge < -0.3 is 27.0 Å². The van der Waals surface area contributed by atoms with Gasteiger partial charge >= 0.3 is 6.03 Å². The van der Waals surface area contributed by atoms with E-state index >= 15 is 0 Å². The summed E-state index contributed by atoms with van der Waals surface area (Å²) in [5, 5.41) is 5.84. The number of nitrogens with one attached hydrogen (secondary N) is 2. The van der Waals surface area contributed by atoms with Crippen LogP contribution in [0, 0.1) is 0 Å². The van der Waals surface area contributed by atoms with Gasteiger partial charge in [-0.1, -0.05) is 12.1 Å². The highest BCUT2D eigenvalue weighted by Gasteiger charge is 2.23. The standard InChI is InChI=1S/C19H25N7O2/c1-2-22-19(28)26-9-7-14(8-10-26)23-17(27)13-5-3-12(4-6-13)15-11-16(20)25-18(21)24-15/h3-6,11,14H,2,7-10H2,1H3,(H,22,28)(H,23,27)(H4,20,21,24,25). The van der Waals surface area contributed by atoms with Crippen molar-refractivity contribution in [3.05, 3.63) is 35.9 Å². The van der Waals surface area contributed by atoms with E-state index in [0.29, 0.717) is 36.7 Å². The van der Waals surface area contributed by atoms with Crippen LogP contribution in [0.1, 0.15) is 30.1 Å². The minimum absolute atomic E-state index is 0.0474. The maximum absolute atomic E-state index is 12.5. The molecule has 1 aromatic carbocycles. The number of urea groups is 1. The first-order chi connectivity index (χ1) is 13.5. The second kappa shape index (κ2) is 8.55. The maximum Gasteiger partial charge on any atom is 0.317 e. The summed E-state index contributed by atoms with van der Waals surface area (Å²) in [6.07, 6.45) is 1.47. The Bertz CT molecular complexity index is 826. The fraction of sp³-hybridized carbons (Fsp3) is 0.368. The van der Waals surface area contributed by atoms with Gasteiger partial charge in [-0.05, 0) is 31.9 Å². The molecular formula is C19H25N7O2. The number of anilines is 2. The van der Waals surface area contributed by atoms with Gasteiger partial charge in [0.25, 0.3) is 5.91 Å². The van der Waals surface area contributed by atoms with Gasteiger partial charge in [0, 0.05) is 42.9 Å². The molecule has 28 heavy (non-hydrogen) atoms. The summed E-state index contributed by atoms with van der Waals surface area (Å²) < 4.78 is 0. The molecule has 2 aromatic rings. The number of piperidine rings is 1. The summed E-state index contributed by atoms with van der Waals surface area (Å²) in [6.45, 7) is 3.77. The van der Waals surface area contributed by atoms with Crippen LogP contribution in [0.3, 0.4) is 0 Å². The smallest absolute Gasteiger partial charge is 0.317 e. The van der Waals surface area contributed by atoms with E-state index in [-0.39, 0.29) is 23.9 Å². The van der Waals surface area contributed by atoms with E-state index in [1.54, 1.807) is 35.2 Å². The van der Waals surface area contributed by atoms with E-state index in [1.165, 1.54) is 0 Å². The monoisotopic (exact) mass is 383 g/mol. The normalized spacial score (nSPS) is 14.5. The Morgan fingerprint density at radius 3 is 2.43 bits per heavy atom. The van der Waals surface area contributed by atoms with Crippen LogP contribution < -0.4 is 22.1 Å². The Labute approximate surface area is 163 Å². The average Bonchev–Trinajstić information content (AvgIpc) is 2.68. The molecule has 0 radical (unpaired) electrons. The van der Waals surface area contributed by atoms with Gasteiger partial charge in [0.15, 0.2) is 0 Å². The number of likely N-dealkylation sites (tertiary alicyclic amines) is 1. The van der Waals surface area contributed by atoms with Gasteiger partial charge in [0.2, 0.25) is 5.95 Å². The summed E-state index contributed by atoms with van der Waals surface area (Å²) in [5.41, 5.74) is 13.3. The van der Waals surface area contributed by atoms with Crippen molar-refractivity contribution >= 4 is 23.7 Å². The van der Waals surface area contributed by atoms with Crippen LogP contribution >= 0.6 is 0 Å². The van der Waals surface area contributed by atoms with E-state index in [2.05, 4.69) is 20.6 Å². The number of carbonyl (C=O) groups excluding carboxylic acids is 2. The molecule has 0 unspecified atom stereocenters. The molecule has 3 rings (SSSR count). The molecule has 3 amide bonds. The molecule has 2 heterocycles. The second-order valence-corrected chi connectivity index (χ2v) is 6.68. The molecule has 0 spiro atoms. The van der Waals surface area contributed by atoms with E-state index in [4.69, 9.17) is 11.5 Å². The Balaban J connectivity index is 1.57. The lowest BCUT2D eigenvalue weighted by Gasteiger charge is -2.32. The highest BCUT2D eigenvalue weighted by Crippen LogP contribution is 2.20. The molecule has 0 atom stereocenters. The Morgan fingerprint density at radius 1 is 1.14 bits per heavy atom.